The normalized spacial score (nSPS) is 46.0. The van der Waals surface area contributed by atoms with Crippen molar-refractivity contribution in [3.8, 4) is 0 Å². The summed E-state index contributed by atoms with van der Waals surface area (Å²) in [7, 11) is 1.87. The van der Waals surface area contributed by atoms with Crippen LogP contribution >= 0.6 is 0 Å². The second kappa shape index (κ2) is 8.09. The van der Waals surface area contributed by atoms with E-state index in [0.717, 1.165) is 43.4 Å². The highest BCUT2D eigenvalue weighted by Crippen LogP contribution is 2.71. The average molecular weight is 446 g/mol. The van der Waals surface area contributed by atoms with E-state index in [9.17, 15) is 10.2 Å². The van der Waals surface area contributed by atoms with Crippen LogP contribution in [0.25, 0.3) is 0 Å². The third-order valence-corrected chi connectivity index (χ3v) is 10.8. The predicted molar refractivity (Wildman–Crippen MR) is 123 cm³/mol. The number of aliphatic hydroxyl groups excluding tert-OH is 1. The van der Waals surface area contributed by atoms with E-state index in [1.807, 2.05) is 20.1 Å². The maximum absolute atomic E-state index is 10.9. The van der Waals surface area contributed by atoms with Crippen molar-refractivity contribution >= 4 is 0 Å². The zero-order valence-electron chi connectivity index (χ0n) is 20.5. The van der Waals surface area contributed by atoms with Crippen molar-refractivity contribution in [2.75, 3.05) is 13.7 Å². The van der Waals surface area contributed by atoms with Gasteiger partial charge in [0.15, 0.2) is 5.76 Å². The Kier molecular flexibility index (Phi) is 5.78. The van der Waals surface area contributed by atoms with Crippen LogP contribution in [0.2, 0.25) is 0 Å². The topological polar surface area (TPSA) is 75.7 Å². The van der Waals surface area contributed by atoms with Gasteiger partial charge in [-0.25, -0.2) is 0 Å². The zero-order chi connectivity index (χ0) is 22.7. The monoisotopic (exact) mass is 445 g/mol. The number of hydrogen-bond donors (Lipinski definition) is 2. The molecule has 0 radical (unpaired) electrons. The van der Waals surface area contributed by atoms with Crippen molar-refractivity contribution in [3.63, 3.8) is 0 Å². The molecule has 2 N–H and O–H groups in total. The molecular formula is C27H43NO4. The highest BCUT2D eigenvalue weighted by atomic mass is 16.5. The van der Waals surface area contributed by atoms with Crippen molar-refractivity contribution in [2.45, 2.75) is 96.7 Å². The van der Waals surface area contributed by atoms with Gasteiger partial charge in [0.05, 0.1) is 17.9 Å². The van der Waals surface area contributed by atoms with Gasteiger partial charge in [-0.3, -0.25) is 0 Å². The maximum Gasteiger partial charge on any atom is 0.162 e. The SMILES string of the molecule is COC[C@]12CC[C@@](C)(O)C[C@@H]1CCC1[C@@H]3CCC(c4cc(CO)on4)[C@@]3(C(C)C)CC[C@@H]12. The maximum atomic E-state index is 10.9. The molecule has 32 heavy (non-hydrogen) atoms. The van der Waals surface area contributed by atoms with Gasteiger partial charge in [0, 0.05) is 19.1 Å². The van der Waals surface area contributed by atoms with E-state index in [-0.39, 0.29) is 17.4 Å². The number of nitrogens with zero attached hydrogens (tertiary/aromatic N) is 1. The molecule has 180 valence electrons. The number of ether oxygens (including phenoxy) is 1. The molecule has 5 heteroatoms. The Bertz CT molecular complexity index is 818. The number of aliphatic hydroxyl groups is 2. The van der Waals surface area contributed by atoms with Gasteiger partial charge >= 0.3 is 0 Å². The first-order valence-corrected chi connectivity index (χ1v) is 13.0. The summed E-state index contributed by atoms with van der Waals surface area (Å²) in [6.07, 6.45) is 10.4. The van der Waals surface area contributed by atoms with E-state index in [0.29, 0.717) is 29.4 Å². The highest BCUT2D eigenvalue weighted by Gasteiger charge is 2.64. The third kappa shape index (κ3) is 3.25. The van der Waals surface area contributed by atoms with E-state index in [4.69, 9.17) is 9.26 Å². The number of hydrogen-bond acceptors (Lipinski definition) is 5. The van der Waals surface area contributed by atoms with Crippen LogP contribution in [0.15, 0.2) is 10.6 Å². The summed E-state index contributed by atoms with van der Waals surface area (Å²) in [6, 6.07) is 2.01. The molecule has 4 fully saturated rings. The first-order valence-electron chi connectivity index (χ1n) is 13.0. The van der Waals surface area contributed by atoms with Gasteiger partial charge < -0.3 is 19.5 Å². The molecule has 4 aliphatic carbocycles. The van der Waals surface area contributed by atoms with Crippen LogP contribution in [0.1, 0.15) is 95.9 Å². The summed E-state index contributed by atoms with van der Waals surface area (Å²) in [6.45, 7) is 7.66. The van der Waals surface area contributed by atoms with Crippen molar-refractivity contribution in [2.24, 2.45) is 40.4 Å². The molecule has 0 bridgehead atoms. The molecule has 0 spiro atoms. The van der Waals surface area contributed by atoms with E-state index >= 15 is 0 Å². The van der Waals surface area contributed by atoms with Crippen LogP contribution in [0, 0.1) is 40.4 Å². The average Bonchev–Trinajstić information content (AvgIpc) is 3.38. The molecule has 8 atom stereocenters. The summed E-state index contributed by atoms with van der Waals surface area (Å²) in [5.74, 6) is 4.37. The molecule has 0 aliphatic heterocycles. The number of fused-ring (bicyclic) bond motifs is 5. The molecule has 2 unspecified atom stereocenters. The number of aromatic nitrogens is 1. The van der Waals surface area contributed by atoms with E-state index in [1.54, 1.807) is 0 Å². The minimum atomic E-state index is -0.513. The van der Waals surface area contributed by atoms with E-state index in [2.05, 4.69) is 19.0 Å². The highest BCUT2D eigenvalue weighted by molar-refractivity contribution is 5.22. The second-order valence-electron chi connectivity index (χ2n) is 12.3. The standard InChI is InChI=1S/C27H43NO4/c1-17(2)27-10-9-21-20(22(27)7-8-23(27)24-13-19(15-29)32-28-24)6-5-18-14-25(3,30)11-12-26(18,21)16-31-4/h13,17-18,20-23,29-30H,5-12,14-16H2,1-4H3/t18-,20?,21-,22-,23?,25+,26+,27+/m0/s1. The lowest BCUT2D eigenvalue weighted by Gasteiger charge is -2.63. The van der Waals surface area contributed by atoms with Gasteiger partial charge in [0.1, 0.15) is 6.61 Å². The fraction of sp³-hybridized carbons (Fsp3) is 0.889. The summed E-state index contributed by atoms with van der Waals surface area (Å²) >= 11 is 0. The number of rotatable bonds is 5. The Morgan fingerprint density at radius 1 is 1.12 bits per heavy atom. The van der Waals surface area contributed by atoms with Gasteiger partial charge in [-0.2, -0.15) is 0 Å². The molecular weight excluding hydrogens is 402 g/mol. The van der Waals surface area contributed by atoms with Gasteiger partial charge in [-0.15, -0.1) is 0 Å². The lowest BCUT2D eigenvalue weighted by Crippen LogP contribution is -2.59. The molecule has 5 rings (SSSR count). The Morgan fingerprint density at radius 3 is 2.62 bits per heavy atom. The fourth-order valence-corrected chi connectivity index (χ4v) is 9.62. The molecule has 4 aliphatic rings. The van der Waals surface area contributed by atoms with Crippen molar-refractivity contribution in [3.05, 3.63) is 17.5 Å². The quantitative estimate of drug-likeness (QED) is 0.643. The van der Waals surface area contributed by atoms with Gasteiger partial charge in [-0.1, -0.05) is 19.0 Å². The first kappa shape index (κ1) is 22.9. The van der Waals surface area contributed by atoms with Crippen LogP contribution in [-0.4, -0.2) is 34.7 Å². The van der Waals surface area contributed by atoms with Gasteiger partial charge in [0.25, 0.3) is 0 Å². The zero-order valence-corrected chi connectivity index (χ0v) is 20.5. The predicted octanol–water partition coefficient (Wildman–Crippen LogP) is 5.31. The summed E-state index contributed by atoms with van der Waals surface area (Å²) < 4.78 is 11.4. The van der Waals surface area contributed by atoms with Crippen molar-refractivity contribution < 1.29 is 19.5 Å². The summed E-state index contributed by atoms with van der Waals surface area (Å²) in [4.78, 5) is 0. The Morgan fingerprint density at radius 2 is 1.94 bits per heavy atom. The smallest absolute Gasteiger partial charge is 0.162 e. The minimum Gasteiger partial charge on any atom is -0.390 e. The molecule has 0 saturated heterocycles. The van der Waals surface area contributed by atoms with Gasteiger partial charge in [-0.05, 0) is 105 Å². The summed E-state index contributed by atoms with van der Waals surface area (Å²) in [5, 5.41) is 24.8. The molecule has 1 aromatic rings. The van der Waals surface area contributed by atoms with Crippen LogP contribution in [-0.2, 0) is 11.3 Å². The molecule has 1 heterocycles. The first-order chi connectivity index (χ1) is 15.3. The van der Waals surface area contributed by atoms with E-state index in [1.165, 1.54) is 38.5 Å². The minimum absolute atomic E-state index is 0.0762. The van der Waals surface area contributed by atoms with Crippen molar-refractivity contribution in [1.29, 1.82) is 0 Å². The second-order valence-corrected chi connectivity index (χ2v) is 12.3. The molecule has 5 nitrogen and oxygen atoms in total. The molecule has 0 aromatic carbocycles. The fourth-order valence-electron chi connectivity index (χ4n) is 9.62. The van der Waals surface area contributed by atoms with Gasteiger partial charge in [0.2, 0.25) is 0 Å². The number of methoxy groups -OCH3 is 1. The van der Waals surface area contributed by atoms with E-state index < -0.39 is 5.60 Å². The van der Waals surface area contributed by atoms with Crippen LogP contribution in [0.3, 0.4) is 0 Å². The Hall–Kier alpha value is -0.910. The lowest BCUT2D eigenvalue weighted by atomic mass is 9.42. The molecule has 1 aromatic heterocycles. The largest absolute Gasteiger partial charge is 0.390 e. The molecule has 0 amide bonds. The third-order valence-electron chi connectivity index (χ3n) is 10.8. The Balaban J connectivity index is 1.49. The summed E-state index contributed by atoms with van der Waals surface area (Å²) in [5.41, 5.74) is 1.06. The van der Waals surface area contributed by atoms with Crippen LogP contribution in [0.4, 0.5) is 0 Å². The lowest BCUT2D eigenvalue weighted by molar-refractivity contribution is -0.179. The Labute approximate surface area is 193 Å². The van der Waals surface area contributed by atoms with Crippen LogP contribution in [0.5, 0.6) is 0 Å². The van der Waals surface area contributed by atoms with Crippen LogP contribution < -0.4 is 0 Å². The molecule has 4 saturated carbocycles. The van der Waals surface area contributed by atoms with Crippen molar-refractivity contribution in [1.82, 2.24) is 5.16 Å².